The largest absolute Gasteiger partial charge is 0.481 e. The topological polar surface area (TPSA) is 118 Å². The number of rotatable bonds is 3. The highest BCUT2D eigenvalue weighted by molar-refractivity contribution is 6.21. The molecule has 3 rings (SSSR count). The van der Waals surface area contributed by atoms with Gasteiger partial charge < -0.3 is 5.11 Å². The average molecular weight is 318 g/mol. The van der Waals surface area contributed by atoms with Gasteiger partial charge >= 0.3 is 5.97 Å². The number of nitro benzene ring substituents is 1. The first-order valence-electron chi connectivity index (χ1n) is 7.29. The summed E-state index contributed by atoms with van der Waals surface area (Å²) >= 11 is 0. The Hall–Kier alpha value is -2.77. The Bertz CT molecular complexity index is 721. The number of non-ortho nitro benzene ring substituents is 1. The van der Waals surface area contributed by atoms with E-state index in [1.807, 2.05) is 0 Å². The Balaban J connectivity index is 1.83. The van der Waals surface area contributed by atoms with E-state index < -0.39 is 28.6 Å². The van der Waals surface area contributed by atoms with Gasteiger partial charge in [0.25, 0.3) is 17.5 Å². The summed E-state index contributed by atoms with van der Waals surface area (Å²) in [5.74, 6) is -2.30. The zero-order valence-corrected chi connectivity index (χ0v) is 12.1. The predicted octanol–water partition coefficient (Wildman–Crippen LogP) is 1.83. The van der Waals surface area contributed by atoms with Crippen LogP contribution in [0.5, 0.6) is 0 Å². The molecule has 0 saturated heterocycles. The number of nitrogens with zero attached hydrogens (tertiary/aromatic N) is 2. The summed E-state index contributed by atoms with van der Waals surface area (Å²) in [7, 11) is 0. The lowest BCUT2D eigenvalue weighted by Gasteiger charge is -2.31. The van der Waals surface area contributed by atoms with Crippen LogP contribution in [0.3, 0.4) is 0 Å². The zero-order chi connectivity index (χ0) is 16.7. The molecule has 0 bridgehead atoms. The van der Waals surface area contributed by atoms with Crippen LogP contribution < -0.4 is 0 Å². The molecule has 23 heavy (non-hydrogen) atoms. The van der Waals surface area contributed by atoms with Crippen LogP contribution in [-0.2, 0) is 4.79 Å². The van der Waals surface area contributed by atoms with Crippen molar-refractivity contribution in [1.82, 2.24) is 4.90 Å². The third kappa shape index (κ3) is 2.45. The SMILES string of the molecule is O=C(O)C1CCC(N2C(=O)c3ccc([N+](=O)[O-])cc3C2=O)CC1. The second-order valence-corrected chi connectivity index (χ2v) is 5.81. The number of aliphatic carboxylic acids is 1. The van der Waals surface area contributed by atoms with E-state index in [4.69, 9.17) is 5.11 Å². The first kappa shape index (κ1) is 15.1. The van der Waals surface area contributed by atoms with E-state index in [2.05, 4.69) is 0 Å². The van der Waals surface area contributed by atoms with Gasteiger partial charge in [0.2, 0.25) is 0 Å². The van der Waals surface area contributed by atoms with Gasteiger partial charge in [-0.25, -0.2) is 0 Å². The van der Waals surface area contributed by atoms with Crippen molar-refractivity contribution in [2.45, 2.75) is 31.7 Å². The van der Waals surface area contributed by atoms with E-state index >= 15 is 0 Å². The predicted molar refractivity (Wildman–Crippen MR) is 77.0 cm³/mol. The van der Waals surface area contributed by atoms with Gasteiger partial charge in [-0.3, -0.25) is 29.4 Å². The van der Waals surface area contributed by atoms with Crippen LogP contribution in [0.2, 0.25) is 0 Å². The number of fused-ring (bicyclic) bond motifs is 1. The quantitative estimate of drug-likeness (QED) is 0.516. The molecule has 8 nitrogen and oxygen atoms in total. The molecule has 1 heterocycles. The molecule has 0 atom stereocenters. The molecule has 1 aromatic rings. The van der Waals surface area contributed by atoms with Crippen molar-refractivity contribution in [3.05, 3.63) is 39.4 Å². The lowest BCUT2D eigenvalue weighted by atomic mass is 9.85. The second-order valence-electron chi connectivity index (χ2n) is 5.81. The monoisotopic (exact) mass is 318 g/mol. The van der Waals surface area contributed by atoms with Crippen LogP contribution in [0, 0.1) is 16.0 Å². The van der Waals surface area contributed by atoms with Gasteiger partial charge in [-0.15, -0.1) is 0 Å². The first-order chi connectivity index (χ1) is 10.9. The van der Waals surface area contributed by atoms with E-state index in [0.717, 1.165) is 11.0 Å². The summed E-state index contributed by atoms with van der Waals surface area (Å²) in [6.45, 7) is 0. The third-order valence-corrected chi connectivity index (χ3v) is 4.52. The molecule has 0 aromatic heterocycles. The van der Waals surface area contributed by atoms with E-state index in [9.17, 15) is 24.5 Å². The molecular weight excluding hydrogens is 304 g/mol. The summed E-state index contributed by atoms with van der Waals surface area (Å²) in [5.41, 5.74) is -0.0214. The van der Waals surface area contributed by atoms with Crippen molar-refractivity contribution >= 4 is 23.5 Å². The summed E-state index contributed by atoms with van der Waals surface area (Å²) in [4.78, 5) is 47.2. The number of carbonyl (C=O) groups excluding carboxylic acids is 2. The maximum absolute atomic E-state index is 12.5. The van der Waals surface area contributed by atoms with Crippen molar-refractivity contribution in [2.75, 3.05) is 0 Å². The Labute approximate surface area is 130 Å². The highest BCUT2D eigenvalue weighted by atomic mass is 16.6. The van der Waals surface area contributed by atoms with E-state index in [-0.39, 0.29) is 22.9 Å². The molecule has 0 spiro atoms. The average Bonchev–Trinajstić information content (AvgIpc) is 2.78. The summed E-state index contributed by atoms with van der Waals surface area (Å²) in [6, 6.07) is 3.28. The number of hydrogen-bond donors (Lipinski definition) is 1. The smallest absolute Gasteiger partial charge is 0.306 e. The molecule has 0 radical (unpaired) electrons. The molecule has 1 aliphatic heterocycles. The number of carboxylic acids is 1. The molecule has 2 amide bonds. The number of imide groups is 1. The van der Waals surface area contributed by atoms with E-state index in [0.29, 0.717) is 25.7 Å². The number of carbonyl (C=O) groups is 3. The number of carboxylic acid groups (broad SMARTS) is 1. The fourth-order valence-corrected chi connectivity index (χ4v) is 3.27. The Morgan fingerprint density at radius 1 is 1.13 bits per heavy atom. The fraction of sp³-hybridized carbons (Fsp3) is 0.400. The van der Waals surface area contributed by atoms with Crippen LogP contribution in [-0.4, -0.2) is 38.8 Å². The van der Waals surface area contributed by atoms with Gasteiger partial charge in [0.05, 0.1) is 22.0 Å². The van der Waals surface area contributed by atoms with Crippen LogP contribution in [0.4, 0.5) is 5.69 Å². The van der Waals surface area contributed by atoms with Crippen molar-refractivity contribution in [2.24, 2.45) is 5.92 Å². The fourth-order valence-electron chi connectivity index (χ4n) is 3.27. The van der Waals surface area contributed by atoms with Gasteiger partial charge in [0.1, 0.15) is 0 Å². The van der Waals surface area contributed by atoms with Crippen LogP contribution in [0.15, 0.2) is 18.2 Å². The highest BCUT2D eigenvalue weighted by Gasteiger charge is 2.42. The highest BCUT2D eigenvalue weighted by Crippen LogP contribution is 2.34. The summed E-state index contributed by atoms with van der Waals surface area (Å²) in [6.07, 6.45) is 1.69. The summed E-state index contributed by atoms with van der Waals surface area (Å²) in [5, 5.41) is 19.8. The number of amides is 2. The maximum atomic E-state index is 12.5. The normalized spacial score (nSPS) is 23.7. The molecule has 2 aliphatic rings. The third-order valence-electron chi connectivity index (χ3n) is 4.52. The first-order valence-corrected chi connectivity index (χ1v) is 7.29. The number of benzene rings is 1. The molecule has 1 fully saturated rings. The lowest BCUT2D eigenvalue weighted by Crippen LogP contribution is -2.42. The molecule has 1 aromatic carbocycles. The van der Waals surface area contributed by atoms with Crippen molar-refractivity contribution in [3.8, 4) is 0 Å². The Morgan fingerprint density at radius 3 is 2.30 bits per heavy atom. The van der Waals surface area contributed by atoms with Gasteiger partial charge in [-0.1, -0.05) is 0 Å². The van der Waals surface area contributed by atoms with Crippen molar-refractivity contribution in [1.29, 1.82) is 0 Å². The molecule has 120 valence electrons. The Morgan fingerprint density at radius 2 is 1.74 bits per heavy atom. The molecule has 1 N–H and O–H groups in total. The molecule has 0 unspecified atom stereocenters. The molecule has 1 saturated carbocycles. The van der Waals surface area contributed by atoms with Gasteiger partial charge in [-0.2, -0.15) is 0 Å². The van der Waals surface area contributed by atoms with Crippen molar-refractivity contribution < 1.29 is 24.4 Å². The van der Waals surface area contributed by atoms with E-state index in [1.165, 1.54) is 12.1 Å². The van der Waals surface area contributed by atoms with Gasteiger partial charge in [0, 0.05) is 18.2 Å². The van der Waals surface area contributed by atoms with Crippen LogP contribution in [0.25, 0.3) is 0 Å². The zero-order valence-electron chi connectivity index (χ0n) is 12.1. The molecular formula is C15H14N2O6. The second kappa shape index (κ2) is 5.45. The van der Waals surface area contributed by atoms with Gasteiger partial charge in [0.15, 0.2) is 0 Å². The number of hydrogen-bond acceptors (Lipinski definition) is 5. The standard InChI is InChI=1S/C15H14N2O6/c18-13-11-6-5-10(17(22)23)7-12(11)14(19)16(13)9-3-1-8(2-4-9)15(20)21/h5-9H,1-4H2,(H,20,21). The van der Waals surface area contributed by atoms with Gasteiger partial charge in [-0.05, 0) is 31.7 Å². The minimum absolute atomic E-state index is 0.0459. The molecule has 8 heteroatoms. The summed E-state index contributed by atoms with van der Waals surface area (Å²) < 4.78 is 0. The van der Waals surface area contributed by atoms with Crippen LogP contribution >= 0.6 is 0 Å². The van der Waals surface area contributed by atoms with Crippen LogP contribution in [0.1, 0.15) is 46.4 Å². The number of nitro groups is 1. The minimum atomic E-state index is -0.860. The minimum Gasteiger partial charge on any atom is -0.481 e. The Kier molecular flexibility index (Phi) is 3.59. The van der Waals surface area contributed by atoms with Crippen molar-refractivity contribution in [3.63, 3.8) is 0 Å². The van der Waals surface area contributed by atoms with E-state index in [1.54, 1.807) is 0 Å². The lowest BCUT2D eigenvalue weighted by molar-refractivity contribution is -0.384. The molecule has 1 aliphatic carbocycles. The maximum Gasteiger partial charge on any atom is 0.306 e.